The average Bonchev–Trinajstić information content (AvgIpc) is 3.20. The zero-order valence-corrected chi connectivity index (χ0v) is 17.8. The van der Waals surface area contributed by atoms with Gasteiger partial charge in [-0.1, -0.05) is 11.6 Å². The van der Waals surface area contributed by atoms with Gasteiger partial charge < -0.3 is 14.5 Å². The van der Waals surface area contributed by atoms with E-state index in [9.17, 15) is 14.4 Å². The van der Waals surface area contributed by atoms with Crippen LogP contribution in [0.3, 0.4) is 0 Å². The highest BCUT2D eigenvalue weighted by molar-refractivity contribution is 6.33. The van der Waals surface area contributed by atoms with Gasteiger partial charge in [-0.3, -0.25) is 9.59 Å². The molecule has 4 aliphatic carbocycles. The first kappa shape index (κ1) is 20.3. The van der Waals surface area contributed by atoms with Crippen molar-refractivity contribution in [2.75, 3.05) is 6.61 Å². The number of amides is 1. The number of carbonyl (C=O) groups excluding carboxylic acids is 3. The molecule has 2 aromatic rings. The number of halogens is 1. The second-order valence-electron chi connectivity index (χ2n) is 9.34. The van der Waals surface area contributed by atoms with Crippen LogP contribution < -0.4 is 5.32 Å². The number of carbonyl (C=O) groups is 3. The van der Waals surface area contributed by atoms with Crippen molar-refractivity contribution in [3.63, 3.8) is 0 Å². The second kappa shape index (κ2) is 7.83. The third kappa shape index (κ3) is 4.01. The third-order valence-corrected chi connectivity index (χ3v) is 7.32. The molecular weight excluding hydrogens is 418 g/mol. The van der Waals surface area contributed by atoms with Crippen LogP contribution in [0.4, 0.5) is 0 Å². The molecule has 0 radical (unpaired) electrons. The van der Waals surface area contributed by atoms with E-state index < -0.39 is 5.97 Å². The highest BCUT2D eigenvalue weighted by Gasteiger charge is 2.51. The van der Waals surface area contributed by atoms with Crippen LogP contribution >= 0.6 is 11.6 Å². The minimum absolute atomic E-state index is 0.120. The standard InChI is InChI=1S/C24H24ClNO5/c25-20-3-1-17(21-4-2-18(12-27)31-21)8-19(20)23(29)30-13-22(28)26-24-9-14-5-15(10-24)7-16(6-14)11-24/h1-4,8,12,14-16H,5-7,9-11,13H2,(H,26,28). The summed E-state index contributed by atoms with van der Waals surface area (Å²) < 4.78 is 10.7. The van der Waals surface area contributed by atoms with Gasteiger partial charge in [0.2, 0.25) is 0 Å². The molecule has 0 atom stereocenters. The third-order valence-electron chi connectivity index (χ3n) is 6.99. The summed E-state index contributed by atoms with van der Waals surface area (Å²) >= 11 is 6.18. The minimum atomic E-state index is -0.672. The van der Waals surface area contributed by atoms with E-state index in [1.165, 1.54) is 25.3 Å². The van der Waals surface area contributed by atoms with E-state index in [2.05, 4.69) is 5.32 Å². The predicted octanol–water partition coefficient (Wildman–Crippen LogP) is 4.65. The molecular formula is C24H24ClNO5. The summed E-state index contributed by atoms with van der Waals surface area (Å²) in [6.45, 7) is -0.336. The highest BCUT2D eigenvalue weighted by Crippen LogP contribution is 2.55. The first-order valence-electron chi connectivity index (χ1n) is 10.8. The molecule has 0 aliphatic heterocycles. The first-order chi connectivity index (χ1) is 14.9. The molecule has 4 aliphatic rings. The SMILES string of the molecule is O=Cc1ccc(-c2ccc(Cl)c(C(=O)OCC(=O)NC34CC5CC(CC(C5)C3)C4)c2)o1. The zero-order chi connectivity index (χ0) is 21.6. The second-order valence-corrected chi connectivity index (χ2v) is 9.74. The van der Waals surface area contributed by atoms with E-state index in [0.29, 0.717) is 17.6 Å². The summed E-state index contributed by atoms with van der Waals surface area (Å²) in [7, 11) is 0. The quantitative estimate of drug-likeness (QED) is 0.520. The monoisotopic (exact) mass is 441 g/mol. The molecule has 1 aromatic carbocycles. The first-order valence-corrected chi connectivity index (χ1v) is 11.1. The summed E-state index contributed by atoms with van der Waals surface area (Å²) in [5.74, 6) is 1.85. The maximum absolute atomic E-state index is 12.6. The number of hydrogen-bond donors (Lipinski definition) is 1. The Bertz CT molecular complexity index is 1010. The van der Waals surface area contributed by atoms with Crippen molar-refractivity contribution in [1.29, 1.82) is 0 Å². The van der Waals surface area contributed by atoms with Crippen molar-refractivity contribution in [2.24, 2.45) is 17.8 Å². The Balaban J connectivity index is 1.23. The fraction of sp³-hybridized carbons (Fsp3) is 0.458. The predicted molar refractivity (Wildman–Crippen MR) is 114 cm³/mol. The molecule has 0 saturated heterocycles. The van der Waals surface area contributed by atoms with Gasteiger partial charge in [0, 0.05) is 11.1 Å². The highest BCUT2D eigenvalue weighted by atomic mass is 35.5. The van der Waals surface area contributed by atoms with Crippen LogP contribution in [0.25, 0.3) is 11.3 Å². The fourth-order valence-corrected chi connectivity index (χ4v) is 6.41. The van der Waals surface area contributed by atoms with E-state index >= 15 is 0 Å². The van der Waals surface area contributed by atoms with E-state index in [1.54, 1.807) is 24.3 Å². The molecule has 1 aromatic heterocycles. The lowest BCUT2D eigenvalue weighted by Gasteiger charge is -2.56. The summed E-state index contributed by atoms with van der Waals surface area (Å²) in [5, 5.41) is 3.42. The lowest BCUT2D eigenvalue weighted by atomic mass is 9.53. The molecule has 4 fully saturated rings. The van der Waals surface area contributed by atoms with Crippen molar-refractivity contribution in [3.8, 4) is 11.3 Å². The summed E-state index contributed by atoms with van der Waals surface area (Å²) in [6, 6.07) is 7.97. The number of furan rings is 1. The molecule has 0 spiro atoms. The van der Waals surface area contributed by atoms with Gasteiger partial charge in [-0.15, -0.1) is 0 Å². The zero-order valence-electron chi connectivity index (χ0n) is 17.1. The van der Waals surface area contributed by atoms with Crippen LogP contribution in [0.15, 0.2) is 34.7 Å². The van der Waals surface area contributed by atoms with Gasteiger partial charge >= 0.3 is 5.97 Å². The number of nitrogens with one attached hydrogen (secondary N) is 1. The van der Waals surface area contributed by atoms with Gasteiger partial charge in [0.05, 0.1) is 10.6 Å². The Morgan fingerprint density at radius 1 is 1.10 bits per heavy atom. The maximum atomic E-state index is 12.6. The van der Waals surface area contributed by atoms with Crippen molar-refractivity contribution >= 4 is 29.8 Å². The van der Waals surface area contributed by atoms with Crippen molar-refractivity contribution in [3.05, 3.63) is 46.7 Å². The van der Waals surface area contributed by atoms with Gasteiger partial charge in [0.25, 0.3) is 5.91 Å². The van der Waals surface area contributed by atoms with Crippen LogP contribution in [-0.4, -0.2) is 30.3 Å². The number of benzene rings is 1. The molecule has 0 unspecified atom stereocenters. The van der Waals surface area contributed by atoms with E-state index in [0.717, 1.165) is 37.0 Å². The fourth-order valence-electron chi connectivity index (χ4n) is 6.21. The molecule has 1 heterocycles. The molecule has 1 N–H and O–H groups in total. The molecule has 7 heteroatoms. The molecule has 162 valence electrons. The van der Waals surface area contributed by atoms with Crippen molar-refractivity contribution in [1.82, 2.24) is 5.32 Å². The molecule has 6 nitrogen and oxygen atoms in total. The number of rotatable bonds is 6. The largest absolute Gasteiger partial charge is 0.453 e. The Morgan fingerprint density at radius 2 is 1.77 bits per heavy atom. The van der Waals surface area contributed by atoms with Gasteiger partial charge in [0.15, 0.2) is 18.7 Å². The van der Waals surface area contributed by atoms with Crippen LogP contribution in [0.1, 0.15) is 59.4 Å². The summed E-state index contributed by atoms with van der Waals surface area (Å²) in [4.78, 5) is 36.0. The van der Waals surface area contributed by atoms with Crippen LogP contribution in [0.2, 0.25) is 5.02 Å². The smallest absolute Gasteiger partial charge is 0.340 e. The number of hydrogen-bond acceptors (Lipinski definition) is 5. The van der Waals surface area contributed by atoms with Crippen LogP contribution in [0.5, 0.6) is 0 Å². The normalized spacial score (nSPS) is 28.4. The summed E-state index contributed by atoms with van der Waals surface area (Å²) in [5.41, 5.74) is 0.610. The van der Waals surface area contributed by atoms with Crippen LogP contribution in [-0.2, 0) is 9.53 Å². The molecule has 1 amide bonds. The van der Waals surface area contributed by atoms with Gasteiger partial charge in [-0.2, -0.15) is 0 Å². The maximum Gasteiger partial charge on any atom is 0.340 e. The number of esters is 1. The lowest BCUT2D eigenvalue weighted by Crippen LogP contribution is -2.60. The number of aldehydes is 1. The Labute approximate surface area is 185 Å². The Kier molecular flexibility index (Phi) is 5.13. The lowest BCUT2D eigenvalue weighted by molar-refractivity contribution is -0.130. The molecule has 31 heavy (non-hydrogen) atoms. The van der Waals surface area contributed by atoms with Gasteiger partial charge in [0.1, 0.15) is 5.76 Å². The van der Waals surface area contributed by atoms with E-state index in [-0.39, 0.29) is 34.4 Å². The minimum Gasteiger partial charge on any atom is -0.453 e. The average molecular weight is 442 g/mol. The van der Waals surface area contributed by atoms with E-state index in [1.807, 2.05) is 0 Å². The van der Waals surface area contributed by atoms with Gasteiger partial charge in [-0.25, -0.2) is 4.79 Å². The van der Waals surface area contributed by atoms with Crippen LogP contribution in [0, 0.1) is 17.8 Å². The van der Waals surface area contributed by atoms with Gasteiger partial charge in [-0.05, 0) is 86.6 Å². The number of ether oxygens (including phenoxy) is 1. The molecule has 4 bridgehead atoms. The summed E-state index contributed by atoms with van der Waals surface area (Å²) in [6.07, 6.45) is 7.61. The van der Waals surface area contributed by atoms with Crippen molar-refractivity contribution < 1.29 is 23.5 Å². The molecule has 4 saturated carbocycles. The molecule has 6 rings (SSSR count). The topological polar surface area (TPSA) is 85.6 Å². The van der Waals surface area contributed by atoms with E-state index in [4.69, 9.17) is 20.8 Å². The van der Waals surface area contributed by atoms with Crippen molar-refractivity contribution in [2.45, 2.75) is 44.1 Å². The Hall–Kier alpha value is -2.60. The Morgan fingerprint density at radius 3 is 2.39 bits per heavy atom.